The molecule has 0 unspecified atom stereocenters. The molecule has 0 aliphatic heterocycles. The molecule has 25 heavy (non-hydrogen) atoms. The van der Waals surface area contributed by atoms with E-state index >= 15 is 0 Å². The average molecular weight is 354 g/mol. The van der Waals surface area contributed by atoms with Crippen LogP contribution in [0.15, 0.2) is 24.3 Å². The van der Waals surface area contributed by atoms with Crippen molar-refractivity contribution in [2.75, 3.05) is 6.54 Å². The van der Waals surface area contributed by atoms with E-state index in [0.717, 1.165) is 0 Å². The highest BCUT2D eigenvalue weighted by atomic mass is 19.1. The minimum absolute atomic E-state index is 0.0226. The summed E-state index contributed by atoms with van der Waals surface area (Å²) in [7, 11) is 0. The van der Waals surface area contributed by atoms with Gasteiger partial charge in [-0.3, -0.25) is 4.90 Å². The average Bonchev–Trinajstić information content (AvgIpc) is 2.49. The number of benzene rings is 1. The Morgan fingerprint density at radius 3 is 2.32 bits per heavy atom. The first kappa shape index (κ1) is 20.9. The van der Waals surface area contributed by atoms with E-state index in [1.165, 1.54) is 29.2 Å². The second-order valence-corrected chi connectivity index (χ2v) is 6.87. The maximum atomic E-state index is 13.1. The molecular weight excluding hydrogens is 327 g/mol. The van der Waals surface area contributed by atoms with Crippen LogP contribution < -0.4 is 5.73 Å². The number of carbonyl (C=O) groups is 2. The quantitative estimate of drug-likeness (QED) is 0.700. The fourth-order valence-corrected chi connectivity index (χ4v) is 2.30. The van der Waals surface area contributed by atoms with Gasteiger partial charge < -0.3 is 15.6 Å². The van der Waals surface area contributed by atoms with E-state index in [-0.39, 0.29) is 13.0 Å². The normalized spacial score (nSPS) is 12.5. The fraction of sp³-hybridized carbons (Fsp3) is 0.556. The van der Waals surface area contributed by atoms with Crippen LogP contribution in [0.2, 0.25) is 0 Å². The summed E-state index contributed by atoms with van der Waals surface area (Å²) >= 11 is 0. The Morgan fingerprint density at radius 1 is 1.24 bits per heavy atom. The zero-order valence-electron chi connectivity index (χ0n) is 15.0. The number of hydrogen-bond donors (Lipinski definition) is 2. The van der Waals surface area contributed by atoms with Crippen LogP contribution in [0.25, 0.3) is 0 Å². The molecule has 1 rings (SSSR count). The minimum atomic E-state index is -1.11. The molecule has 1 amide bonds. The van der Waals surface area contributed by atoms with Crippen molar-refractivity contribution in [3.05, 3.63) is 35.6 Å². The van der Waals surface area contributed by atoms with Crippen molar-refractivity contribution < 1.29 is 23.8 Å². The molecule has 0 aliphatic carbocycles. The molecule has 1 aromatic carbocycles. The van der Waals surface area contributed by atoms with Gasteiger partial charge in [-0.25, -0.2) is 14.0 Å². The van der Waals surface area contributed by atoms with Crippen molar-refractivity contribution in [3.63, 3.8) is 0 Å². The number of rotatable bonds is 8. The molecule has 0 bridgehead atoms. The number of carboxylic acid groups (broad SMARTS) is 1. The molecule has 0 saturated carbocycles. The molecule has 6 nitrogen and oxygen atoms in total. The zero-order valence-corrected chi connectivity index (χ0v) is 15.0. The van der Waals surface area contributed by atoms with Gasteiger partial charge in [-0.1, -0.05) is 12.1 Å². The van der Waals surface area contributed by atoms with Crippen LogP contribution in [0, 0.1) is 5.82 Å². The standard InChI is InChI=1S/C18H27FN2O4/c1-18(2,3)25-17(24)21(12-13-7-9-14(19)10-8-13)15(16(22)23)6-4-5-11-20/h7-10,15H,4-6,11-12,20H2,1-3H3,(H,22,23)/t15-/m0/s1. The van der Waals surface area contributed by atoms with Crippen molar-refractivity contribution in [1.29, 1.82) is 0 Å². The fourth-order valence-electron chi connectivity index (χ4n) is 2.30. The Bertz CT molecular complexity index is 569. The largest absolute Gasteiger partial charge is 0.480 e. The van der Waals surface area contributed by atoms with Gasteiger partial charge in [-0.2, -0.15) is 0 Å². The third kappa shape index (κ3) is 7.51. The highest BCUT2D eigenvalue weighted by Crippen LogP contribution is 2.19. The van der Waals surface area contributed by atoms with Crippen molar-refractivity contribution in [2.45, 2.75) is 58.2 Å². The highest BCUT2D eigenvalue weighted by Gasteiger charge is 2.32. The summed E-state index contributed by atoms with van der Waals surface area (Å²) in [5.41, 5.74) is 5.33. The number of amides is 1. The second kappa shape index (κ2) is 9.36. The van der Waals surface area contributed by atoms with E-state index in [1.54, 1.807) is 20.8 Å². The predicted octanol–water partition coefficient (Wildman–Crippen LogP) is 3.15. The lowest BCUT2D eigenvalue weighted by Gasteiger charge is -2.31. The molecule has 140 valence electrons. The lowest BCUT2D eigenvalue weighted by atomic mass is 10.1. The van der Waals surface area contributed by atoms with E-state index in [0.29, 0.717) is 24.9 Å². The number of nitrogens with zero attached hydrogens (tertiary/aromatic N) is 1. The predicted molar refractivity (Wildman–Crippen MR) is 92.5 cm³/mol. The third-order valence-corrected chi connectivity index (χ3v) is 3.49. The lowest BCUT2D eigenvalue weighted by Crippen LogP contribution is -2.46. The van der Waals surface area contributed by atoms with Gasteiger partial charge in [0, 0.05) is 6.54 Å². The number of hydrogen-bond acceptors (Lipinski definition) is 4. The lowest BCUT2D eigenvalue weighted by molar-refractivity contribution is -0.143. The zero-order chi connectivity index (χ0) is 19.0. The van der Waals surface area contributed by atoms with Crippen LogP contribution in [0.1, 0.15) is 45.6 Å². The third-order valence-electron chi connectivity index (χ3n) is 3.49. The number of carbonyl (C=O) groups excluding carboxylic acids is 1. The van der Waals surface area contributed by atoms with Gasteiger partial charge in [0.15, 0.2) is 0 Å². The van der Waals surface area contributed by atoms with Crippen molar-refractivity contribution >= 4 is 12.1 Å². The van der Waals surface area contributed by atoms with Gasteiger partial charge in [0.25, 0.3) is 0 Å². The minimum Gasteiger partial charge on any atom is -0.480 e. The van der Waals surface area contributed by atoms with Crippen molar-refractivity contribution in [1.82, 2.24) is 4.90 Å². The molecule has 1 atom stereocenters. The smallest absolute Gasteiger partial charge is 0.411 e. The SMILES string of the molecule is CC(C)(C)OC(=O)N(Cc1ccc(F)cc1)[C@@H](CCCCN)C(=O)O. The van der Waals surface area contributed by atoms with Gasteiger partial charge in [0.1, 0.15) is 17.5 Å². The van der Waals surface area contributed by atoms with Gasteiger partial charge >= 0.3 is 12.1 Å². The van der Waals surface area contributed by atoms with Crippen LogP contribution in [-0.2, 0) is 16.1 Å². The van der Waals surface area contributed by atoms with Crippen LogP contribution in [0.3, 0.4) is 0 Å². The molecule has 0 fully saturated rings. The van der Waals surface area contributed by atoms with Crippen LogP contribution in [0.5, 0.6) is 0 Å². The molecule has 7 heteroatoms. The van der Waals surface area contributed by atoms with E-state index in [4.69, 9.17) is 10.5 Å². The Hall–Kier alpha value is -2.15. The summed E-state index contributed by atoms with van der Waals surface area (Å²) in [5.74, 6) is -1.50. The van der Waals surface area contributed by atoms with Crippen LogP contribution in [0.4, 0.5) is 9.18 Å². The van der Waals surface area contributed by atoms with Crippen molar-refractivity contribution in [3.8, 4) is 0 Å². The first-order valence-corrected chi connectivity index (χ1v) is 8.31. The maximum absolute atomic E-state index is 13.1. The highest BCUT2D eigenvalue weighted by molar-refractivity contribution is 5.80. The first-order valence-electron chi connectivity index (χ1n) is 8.31. The Kier molecular flexibility index (Phi) is 7.83. The Balaban J connectivity index is 3.03. The van der Waals surface area contributed by atoms with Crippen molar-refractivity contribution in [2.24, 2.45) is 5.73 Å². The first-order chi connectivity index (χ1) is 11.6. The number of halogens is 1. The second-order valence-electron chi connectivity index (χ2n) is 6.87. The van der Waals surface area contributed by atoms with E-state index < -0.39 is 29.5 Å². The molecule has 1 aromatic rings. The van der Waals surface area contributed by atoms with Gasteiger partial charge in [0.05, 0.1) is 0 Å². The molecule has 0 aliphatic rings. The summed E-state index contributed by atoms with van der Waals surface area (Å²) in [5, 5.41) is 9.57. The Labute approximate surface area is 147 Å². The maximum Gasteiger partial charge on any atom is 0.411 e. The summed E-state index contributed by atoms with van der Waals surface area (Å²) in [6.45, 7) is 5.62. The van der Waals surface area contributed by atoms with E-state index in [1.807, 2.05) is 0 Å². The number of unbranched alkanes of at least 4 members (excludes halogenated alkanes) is 1. The van der Waals surface area contributed by atoms with E-state index in [9.17, 15) is 19.1 Å². The van der Waals surface area contributed by atoms with Crippen LogP contribution >= 0.6 is 0 Å². The number of carboxylic acids is 1. The molecule has 3 N–H and O–H groups in total. The number of ether oxygens (including phenoxy) is 1. The summed E-state index contributed by atoms with van der Waals surface area (Å²) in [4.78, 5) is 25.4. The van der Waals surface area contributed by atoms with Gasteiger partial charge in [-0.05, 0) is 64.3 Å². The van der Waals surface area contributed by atoms with E-state index in [2.05, 4.69) is 0 Å². The topological polar surface area (TPSA) is 92.9 Å². The number of nitrogens with two attached hydrogens (primary N) is 1. The molecule has 0 saturated heterocycles. The van der Waals surface area contributed by atoms with Gasteiger partial charge in [-0.15, -0.1) is 0 Å². The molecule has 0 aromatic heterocycles. The molecule has 0 spiro atoms. The molecular formula is C18H27FN2O4. The summed E-state index contributed by atoms with van der Waals surface area (Å²) < 4.78 is 18.4. The monoisotopic (exact) mass is 354 g/mol. The summed E-state index contributed by atoms with van der Waals surface area (Å²) in [6, 6.07) is 4.54. The molecule has 0 radical (unpaired) electrons. The van der Waals surface area contributed by atoms with Crippen LogP contribution in [-0.4, -0.2) is 40.3 Å². The summed E-state index contributed by atoms with van der Waals surface area (Å²) in [6.07, 6.45) is 0.808. The Morgan fingerprint density at radius 2 is 1.84 bits per heavy atom. The van der Waals surface area contributed by atoms with Gasteiger partial charge in [0.2, 0.25) is 0 Å². The molecule has 0 heterocycles. The number of aliphatic carboxylic acids is 1.